The Morgan fingerprint density at radius 2 is 2.26 bits per heavy atom. The molecule has 1 aliphatic rings. The predicted octanol–water partition coefficient (Wildman–Crippen LogP) is 2.07. The van der Waals surface area contributed by atoms with Gasteiger partial charge in [0.1, 0.15) is 5.82 Å². The number of nitriles is 1. The number of benzene rings is 1. The van der Waals surface area contributed by atoms with Gasteiger partial charge in [0, 0.05) is 6.20 Å². The van der Waals surface area contributed by atoms with Gasteiger partial charge in [0.15, 0.2) is 17.4 Å². The number of hydrogen-bond acceptors (Lipinski definition) is 6. The highest BCUT2D eigenvalue weighted by Gasteiger charge is 2.26. The summed E-state index contributed by atoms with van der Waals surface area (Å²) in [5.74, 6) is -0.631. The third kappa shape index (κ3) is 3.64. The van der Waals surface area contributed by atoms with Crippen molar-refractivity contribution in [1.29, 1.82) is 5.26 Å². The summed E-state index contributed by atoms with van der Waals surface area (Å²) in [5.41, 5.74) is 0.828. The van der Waals surface area contributed by atoms with Crippen LogP contribution in [0.1, 0.15) is 0 Å². The van der Waals surface area contributed by atoms with Gasteiger partial charge in [-0.25, -0.2) is 9.37 Å². The molecule has 0 saturated carbocycles. The summed E-state index contributed by atoms with van der Waals surface area (Å²) in [6.07, 6.45) is 2.94. The molecule has 118 valence electrons. The average molecular weight is 332 g/mol. The van der Waals surface area contributed by atoms with E-state index in [1.807, 2.05) is 6.19 Å². The van der Waals surface area contributed by atoms with Crippen LogP contribution in [0, 0.1) is 17.3 Å². The number of hydrogen-bond donors (Lipinski definition) is 1. The van der Waals surface area contributed by atoms with E-state index in [1.54, 1.807) is 18.3 Å². The minimum absolute atomic E-state index is 0.235. The molecule has 0 radical (unpaired) electrons. The molecule has 3 rings (SSSR count). The van der Waals surface area contributed by atoms with Crippen molar-refractivity contribution in [3.63, 3.8) is 0 Å². The monoisotopic (exact) mass is 332 g/mol. The van der Waals surface area contributed by atoms with E-state index in [0.717, 1.165) is 10.4 Å². The van der Waals surface area contributed by atoms with Crippen LogP contribution in [-0.2, 0) is 9.53 Å². The Morgan fingerprint density at radius 3 is 3.00 bits per heavy atom. The van der Waals surface area contributed by atoms with Crippen molar-refractivity contribution < 1.29 is 13.9 Å². The number of amides is 1. The number of thiazole rings is 1. The van der Waals surface area contributed by atoms with E-state index in [1.165, 1.54) is 28.4 Å². The molecule has 1 fully saturated rings. The minimum Gasteiger partial charge on any atom is -0.365 e. The first-order chi connectivity index (χ1) is 11.2. The van der Waals surface area contributed by atoms with Gasteiger partial charge in [0.2, 0.25) is 0 Å². The largest absolute Gasteiger partial charge is 0.365 e. The number of carbonyl (C=O) groups is 1. The molecule has 1 saturated heterocycles. The number of nitrogens with zero attached hydrogens (tertiary/aromatic N) is 3. The molecule has 8 heteroatoms. The van der Waals surface area contributed by atoms with E-state index in [-0.39, 0.29) is 18.3 Å². The average Bonchev–Trinajstić information content (AvgIpc) is 3.04. The van der Waals surface area contributed by atoms with Gasteiger partial charge in [-0.15, -0.1) is 0 Å². The number of nitrogens with one attached hydrogen (secondary N) is 1. The molecule has 1 atom stereocenters. The number of ether oxygens (including phenoxy) is 1. The minimum atomic E-state index is -0.693. The molecule has 0 spiro atoms. The molecule has 6 nitrogen and oxygen atoms in total. The standard InChI is InChI=1S/C15H13FN4O2S/c16-11-3-1-10(2-4-11)13-7-18-15(23-13)19-14(21)12-8-20(9-17)5-6-22-12/h1-4,7,12H,5-6,8H2,(H,18,19,21). The second kappa shape index (κ2) is 6.73. The summed E-state index contributed by atoms with van der Waals surface area (Å²) in [5, 5.41) is 12.0. The Labute approximate surface area is 136 Å². The van der Waals surface area contributed by atoms with Crippen LogP contribution < -0.4 is 5.32 Å². The van der Waals surface area contributed by atoms with Crippen molar-refractivity contribution in [2.75, 3.05) is 25.0 Å². The van der Waals surface area contributed by atoms with Gasteiger partial charge >= 0.3 is 0 Å². The fourth-order valence-corrected chi connectivity index (χ4v) is 2.99. The second-order valence-electron chi connectivity index (χ2n) is 4.93. The number of halogens is 1. The molecule has 2 heterocycles. The van der Waals surface area contributed by atoms with E-state index in [0.29, 0.717) is 18.3 Å². The third-order valence-electron chi connectivity index (χ3n) is 3.36. The van der Waals surface area contributed by atoms with Gasteiger partial charge in [0.05, 0.1) is 24.6 Å². The number of aromatic nitrogens is 1. The van der Waals surface area contributed by atoms with Crippen LogP contribution in [0.15, 0.2) is 30.5 Å². The molecule has 1 unspecified atom stereocenters. The van der Waals surface area contributed by atoms with Gasteiger partial charge in [0.25, 0.3) is 5.91 Å². The first-order valence-corrected chi connectivity index (χ1v) is 7.76. The molecule has 0 bridgehead atoms. The number of carbonyl (C=O) groups excluding carboxylic acids is 1. The lowest BCUT2D eigenvalue weighted by molar-refractivity contribution is -0.131. The van der Waals surface area contributed by atoms with Crippen LogP contribution in [0.5, 0.6) is 0 Å². The topological polar surface area (TPSA) is 78.2 Å². The van der Waals surface area contributed by atoms with Crippen molar-refractivity contribution in [2.45, 2.75) is 6.10 Å². The zero-order valence-corrected chi connectivity index (χ0v) is 12.8. The first kappa shape index (κ1) is 15.4. The van der Waals surface area contributed by atoms with Crippen molar-refractivity contribution >= 4 is 22.4 Å². The second-order valence-corrected chi connectivity index (χ2v) is 5.96. The van der Waals surface area contributed by atoms with Crippen molar-refractivity contribution in [3.05, 3.63) is 36.3 Å². The van der Waals surface area contributed by atoms with E-state index >= 15 is 0 Å². The molecule has 1 aromatic carbocycles. The highest BCUT2D eigenvalue weighted by Crippen LogP contribution is 2.29. The van der Waals surface area contributed by atoms with Crippen molar-refractivity contribution in [3.8, 4) is 16.6 Å². The normalized spacial score (nSPS) is 17.6. The fraction of sp³-hybridized carbons (Fsp3) is 0.267. The van der Waals surface area contributed by atoms with Crippen LogP contribution in [0.4, 0.5) is 9.52 Å². The molecule has 1 aliphatic heterocycles. The summed E-state index contributed by atoms with van der Waals surface area (Å²) in [4.78, 5) is 18.6. The van der Waals surface area contributed by atoms with E-state index < -0.39 is 6.10 Å². The Morgan fingerprint density at radius 1 is 1.48 bits per heavy atom. The Balaban J connectivity index is 1.66. The molecular formula is C15H13FN4O2S. The van der Waals surface area contributed by atoms with Crippen molar-refractivity contribution in [1.82, 2.24) is 9.88 Å². The summed E-state index contributed by atoms with van der Waals surface area (Å²) in [6, 6.07) is 6.06. The molecule has 2 aromatic rings. The Kier molecular flexibility index (Phi) is 4.50. The highest BCUT2D eigenvalue weighted by molar-refractivity contribution is 7.19. The fourth-order valence-electron chi connectivity index (χ4n) is 2.16. The quantitative estimate of drug-likeness (QED) is 0.871. The predicted molar refractivity (Wildman–Crippen MR) is 83.1 cm³/mol. The molecule has 23 heavy (non-hydrogen) atoms. The van der Waals surface area contributed by atoms with Gasteiger partial charge in [-0.1, -0.05) is 23.5 Å². The first-order valence-electron chi connectivity index (χ1n) is 6.94. The van der Waals surface area contributed by atoms with Gasteiger partial charge < -0.3 is 9.64 Å². The SMILES string of the molecule is N#CN1CCOC(C(=O)Nc2ncc(-c3ccc(F)cc3)s2)C1. The number of rotatable bonds is 3. The summed E-state index contributed by atoms with van der Waals surface area (Å²) < 4.78 is 18.3. The molecular weight excluding hydrogens is 319 g/mol. The maximum Gasteiger partial charge on any atom is 0.257 e. The number of anilines is 1. The highest BCUT2D eigenvalue weighted by atomic mass is 32.1. The molecule has 1 aromatic heterocycles. The zero-order valence-electron chi connectivity index (χ0n) is 12.0. The number of morpholine rings is 1. The Bertz CT molecular complexity index is 741. The lowest BCUT2D eigenvalue weighted by Gasteiger charge is -2.27. The lowest BCUT2D eigenvalue weighted by atomic mass is 10.2. The summed E-state index contributed by atoms with van der Waals surface area (Å²) >= 11 is 1.29. The molecule has 1 amide bonds. The summed E-state index contributed by atoms with van der Waals surface area (Å²) in [7, 11) is 0. The zero-order chi connectivity index (χ0) is 16.2. The van der Waals surface area contributed by atoms with Gasteiger partial charge in [-0.2, -0.15) is 5.26 Å². The van der Waals surface area contributed by atoms with Gasteiger partial charge in [-0.3, -0.25) is 10.1 Å². The molecule has 1 N–H and O–H groups in total. The third-order valence-corrected chi connectivity index (χ3v) is 4.33. The van der Waals surface area contributed by atoms with E-state index in [9.17, 15) is 9.18 Å². The lowest BCUT2D eigenvalue weighted by Crippen LogP contribution is -2.46. The van der Waals surface area contributed by atoms with Crippen LogP contribution in [0.3, 0.4) is 0 Å². The van der Waals surface area contributed by atoms with Crippen LogP contribution >= 0.6 is 11.3 Å². The van der Waals surface area contributed by atoms with Crippen molar-refractivity contribution in [2.24, 2.45) is 0 Å². The van der Waals surface area contributed by atoms with Crippen LogP contribution in [-0.4, -0.2) is 41.6 Å². The maximum atomic E-state index is 12.9. The van der Waals surface area contributed by atoms with Crippen LogP contribution in [0.2, 0.25) is 0 Å². The summed E-state index contributed by atoms with van der Waals surface area (Å²) in [6.45, 7) is 1.06. The van der Waals surface area contributed by atoms with E-state index in [2.05, 4.69) is 10.3 Å². The molecule has 0 aliphatic carbocycles. The Hall–Kier alpha value is -2.50. The van der Waals surface area contributed by atoms with E-state index in [4.69, 9.17) is 10.00 Å². The smallest absolute Gasteiger partial charge is 0.257 e. The van der Waals surface area contributed by atoms with Gasteiger partial charge in [-0.05, 0) is 17.7 Å². The van der Waals surface area contributed by atoms with Crippen LogP contribution in [0.25, 0.3) is 10.4 Å². The maximum absolute atomic E-state index is 12.9.